The Hall–Kier alpha value is -3.51. The van der Waals surface area contributed by atoms with E-state index in [0.29, 0.717) is 23.6 Å². The fourth-order valence-electron chi connectivity index (χ4n) is 3.34. The van der Waals surface area contributed by atoms with Crippen molar-refractivity contribution in [3.63, 3.8) is 0 Å². The van der Waals surface area contributed by atoms with E-state index in [1.165, 1.54) is 0 Å². The van der Waals surface area contributed by atoms with Gasteiger partial charge in [0.15, 0.2) is 0 Å². The van der Waals surface area contributed by atoms with Crippen LogP contribution in [0.4, 0.5) is 0 Å². The monoisotopic (exact) mass is 466 g/mol. The van der Waals surface area contributed by atoms with Crippen LogP contribution in [0.25, 0.3) is 0 Å². The zero-order valence-corrected chi connectivity index (χ0v) is 19.4. The Bertz CT molecular complexity index is 1000. The fourth-order valence-corrected chi connectivity index (χ4v) is 3.47. The topological polar surface area (TPSA) is 76.7 Å². The minimum atomic E-state index is -0.321. The first kappa shape index (κ1) is 24.1. The van der Waals surface area contributed by atoms with Gasteiger partial charge in [0.25, 0.3) is 5.91 Å². The van der Waals surface area contributed by atoms with Crippen molar-refractivity contribution in [2.24, 2.45) is 0 Å². The van der Waals surface area contributed by atoms with Crippen molar-refractivity contribution in [1.29, 1.82) is 0 Å². The summed E-state index contributed by atoms with van der Waals surface area (Å²) in [5.41, 5.74) is 2.40. The van der Waals surface area contributed by atoms with Gasteiger partial charge >= 0.3 is 0 Å². The highest BCUT2D eigenvalue weighted by atomic mass is 35.5. The van der Waals surface area contributed by atoms with E-state index in [1.807, 2.05) is 48.5 Å². The molecule has 3 aromatic carbocycles. The molecule has 0 fully saturated rings. The highest BCUT2D eigenvalue weighted by Gasteiger charge is 2.17. The van der Waals surface area contributed by atoms with Crippen LogP contribution in [0.2, 0.25) is 5.02 Å². The number of carbonyl (C=O) groups excluding carboxylic acids is 2. The van der Waals surface area contributed by atoms with E-state index in [1.54, 1.807) is 38.5 Å². The normalized spacial score (nSPS) is 10.5. The molecule has 0 bridgehead atoms. The van der Waals surface area contributed by atoms with Crippen LogP contribution in [-0.4, -0.2) is 32.6 Å². The number of benzene rings is 3. The quantitative estimate of drug-likeness (QED) is 0.422. The van der Waals surface area contributed by atoms with Gasteiger partial charge in [-0.3, -0.25) is 9.59 Å². The molecule has 0 atom stereocenters. The molecule has 172 valence electrons. The Balaban J connectivity index is 1.59. The van der Waals surface area contributed by atoms with Crippen LogP contribution in [0.5, 0.6) is 11.5 Å². The number of hydrogen-bond donors (Lipinski definition) is 2. The second kappa shape index (κ2) is 11.9. The molecule has 0 unspecified atom stereocenters. The molecule has 3 rings (SSSR count). The molecule has 6 nitrogen and oxygen atoms in total. The van der Waals surface area contributed by atoms with E-state index in [9.17, 15) is 9.59 Å². The van der Waals surface area contributed by atoms with Gasteiger partial charge in [-0.15, -0.1) is 0 Å². The smallest absolute Gasteiger partial charge is 0.251 e. The van der Waals surface area contributed by atoms with Crippen LogP contribution >= 0.6 is 11.6 Å². The molecular formula is C26H27ClN2O4. The van der Waals surface area contributed by atoms with Crippen molar-refractivity contribution >= 4 is 23.4 Å². The predicted molar refractivity (Wildman–Crippen MR) is 129 cm³/mol. The lowest BCUT2D eigenvalue weighted by Gasteiger charge is -2.20. The summed E-state index contributed by atoms with van der Waals surface area (Å²) in [6, 6.07) is 21.5. The molecule has 2 N–H and O–H groups in total. The number of rotatable bonds is 10. The third kappa shape index (κ3) is 6.99. The van der Waals surface area contributed by atoms with E-state index >= 15 is 0 Å². The minimum absolute atomic E-state index is 0.104. The first-order valence-corrected chi connectivity index (χ1v) is 11.0. The number of ether oxygens (including phenoxy) is 2. The van der Waals surface area contributed by atoms with Crippen molar-refractivity contribution < 1.29 is 19.1 Å². The van der Waals surface area contributed by atoms with Gasteiger partial charge in [-0.1, -0.05) is 35.9 Å². The van der Waals surface area contributed by atoms with Gasteiger partial charge in [0.2, 0.25) is 5.91 Å². The van der Waals surface area contributed by atoms with Crippen LogP contribution < -0.4 is 20.1 Å². The van der Waals surface area contributed by atoms with Crippen LogP contribution in [0.3, 0.4) is 0 Å². The summed E-state index contributed by atoms with van der Waals surface area (Å²) in [5.74, 6) is 1.19. The van der Waals surface area contributed by atoms with Gasteiger partial charge in [-0.05, 0) is 66.1 Å². The fraction of sp³-hybridized carbons (Fsp3) is 0.231. The van der Waals surface area contributed by atoms with Crippen LogP contribution in [0.1, 0.15) is 40.4 Å². The van der Waals surface area contributed by atoms with Crippen molar-refractivity contribution in [2.45, 2.75) is 18.9 Å². The Morgan fingerprint density at radius 3 is 1.82 bits per heavy atom. The van der Waals surface area contributed by atoms with Gasteiger partial charge in [0.05, 0.1) is 20.3 Å². The van der Waals surface area contributed by atoms with Gasteiger partial charge in [0, 0.05) is 23.6 Å². The second-order valence-electron chi connectivity index (χ2n) is 7.41. The van der Waals surface area contributed by atoms with Gasteiger partial charge in [-0.2, -0.15) is 0 Å². The maximum Gasteiger partial charge on any atom is 0.251 e. The Labute approximate surface area is 198 Å². The SMILES string of the molecule is COc1ccc(C(NC(=O)CCCNC(=O)c2ccc(Cl)cc2)c2ccc(OC)cc2)cc1. The molecule has 0 saturated carbocycles. The van der Waals surface area contributed by atoms with Crippen molar-refractivity contribution in [3.05, 3.63) is 94.5 Å². The summed E-state index contributed by atoms with van der Waals surface area (Å²) in [6.45, 7) is 0.393. The Morgan fingerprint density at radius 1 is 0.818 bits per heavy atom. The lowest BCUT2D eigenvalue weighted by atomic mass is 9.98. The molecule has 0 aliphatic heterocycles. The summed E-state index contributed by atoms with van der Waals surface area (Å²) in [6.07, 6.45) is 0.798. The average Bonchev–Trinajstić information content (AvgIpc) is 2.85. The maximum absolute atomic E-state index is 12.7. The highest BCUT2D eigenvalue weighted by molar-refractivity contribution is 6.30. The lowest BCUT2D eigenvalue weighted by molar-refractivity contribution is -0.121. The standard InChI is InChI=1S/C26H27ClN2O4/c1-32-22-13-7-18(8-14-22)25(19-9-15-23(33-2)16-10-19)29-24(30)4-3-17-28-26(31)20-5-11-21(27)12-6-20/h5-16,25H,3-4,17H2,1-2H3,(H,28,31)(H,29,30). The number of methoxy groups -OCH3 is 2. The summed E-state index contributed by atoms with van der Waals surface area (Å²) in [7, 11) is 3.23. The van der Waals surface area contributed by atoms with E-state index < -0.39 is 0 Å². The third-order valence-electron chi connectivity index (χ3n) is 5.18. The largest absolute Gasteiger partial charge is 0.497 e. The van der Waals surface area contributed by atoms with Crippen LogP contribution in [0.15, 0.2) is 72.8 Å². The van der Waals surface area contributed by atoms with E-state index in [4.69, 9.17) is 21.1 Å². The summed E-state index contributed by atoms with van der Waals surface area (Å²) in [5, 5.41) is 6.50. The molecule has 0 saturated heterocycles. The number of amides is 2. The zero-order valence-electron chi connectivity index (χ0n) is 18.6. The highest BCUT2D eigenvalue weighted by Crippen LogP contribution is 2.26. The van der Waals surface area contributed by atoms with Gasteiger partial charge < -0.3 is 20.1 Å². The molecule has 3 aromatic rings. The van der Waals surface area contributed by atoms with Crippen molar-refractivity contribution in [3.8, 4) is 11.5 Å². The van der Waals surface area contributed by atoms with Crippen molar-refractivity contribution in [1.82, 2.24) is 10.6 Å². The van der Waals surface area contributed by atoms with Crippen molar-refractivity contribution in [2.75, 3.05) is 20.8 Å². The molecule has 0 spiro atoms. The summed E-state index contributed by atoms with van der Waals surface area (Å²) < 4.78 is 10.5. The molecule has 2 amide bonds. The lowest BCUT2D eigenvalue weighted by Crippen LogP contribution is -2.30. The Morgan fingerprint density at radius 2 is 1.33 bits per heavy atom. The summed E-state index contributed by atoms with van der Waals surface area (Å²) in [4.78, 5) is 24.9. The molecule has 0 aromatic heterocycles. The summed E-state index contributed by atoms with van der Waals surface area (Å²) >= 11 is 5.85. The first-order valence-electron chi connectivity index (χ1n) is 10.6. The van der Waals surface area contributed by atoms with Crippen LogP contribution in [0, 0.1) is 0 Å². The van der Waals surface area contributed by atoms with E-state index in [0.717, 1.165) is 22.6 Å². The zero-order chi connectivity index (χ0) is 23.6. The molecule has 0 heterocycles. The molecule has 0 aliphatic rings. The number of hydrogen-bond acceptors (Lipinski definition) is 4. The molecule has 0 radical (unpaired) electrons. The first-order chi connectivity index (χ1) is 16.0. The van der Waals surface area contributed by atoms with Gasteiger partial charge in [0.1, 0.15) is 11.5 Å². The minimum Gasteiger partial charge on any atom is -0.497 e. The second-order valence-corrected chi connectivity index (χ2v) is 7.85. The molecular weight excluding hydrogens is 440 g/mol. The average molecular weight is 467 g/mol. The van der Waals surface area contributed by atoms with Crippen LogP contribution in [-0.2, 0) is 4.79 Å². The molecule has 33 heavy (non-hydrogen) atoms. The number of carbonyl (C=O) groups is 2. The third-order valence-corrected chi connectivity index (χ3v) is 5.43. The maximum atomic E-state index is 12.7. The number of nitrogens with one attached hydrogen (secondary N) is 2. The van der Waals surface area contributed by atoms with E-state index in [2.05, 4.69) is 10.6 Å². The number of halogens is 1. The molecule has 0 aliphatic carbocycles. The predicted octanol–water partition coefficient (Wildman–Crippen LogP) is 4.77. The Kier molecular flexibility index (Phi) is 8.72. The van der Waals surface area contributed by atoms with Gasteiger partial charge in [-0.25, -0.2) is 0 Å². The molecule has 7 heteroatoms. The van der Waals surface area contributed by atoms with E-state index in [-0.39, 0.29) is 24.3 Å².